The number of likely N-dealkylation sites (N-methyl/N-ethyl adjacent to an activating group) is 1. The summed E-state index contributed by atoms with van der Waals surface area (Å²) in [7, 11) is 1.99. The van der Waals surface area contributed by atoms with Crippen LogP contribution in [0.3, 0.4) is 0 Å². The number of nitrogens with one attached hydrogen (secondary N) is 1. The van der Waals surface area contributed by atoms with Gasteiger partial charge in [-0.2, -0.15) is 13.2 Å². The van der Waals surface area contributed by atoms with E-state index in [1.807, 2.05) is 11.9 Å². The number of nitrogens with zero attached hydrogens (tertiary/aromatic N) is 2. The molecule has 3 rings (SSSR count). The molecule has 2 aromatic rings. The van der Waals surface area contributed by atoms with Gasteiger partial charge in [0, 0.05) is 31.9 Å². The molecule has 1 amide bonds. The number of hydrogen-bond acceptors (Lipinski definition) is 4. The molecule has 0 spiro atoms. The fraction of sp³-hybridized carbons (Fsp3) is 0.389. The van der Waals surface area contributed by atoms with E-state index in [4.69, 9.17) is 0 Å². The van der Waals surface area contributed by atoms with Crippen molar-refractivity contribution in [2.24, 2.45) is 0 Å². The Bertz CT molecular complexity index is 795. The van der Waals surface area contributed by atoms with Crippen LogP contribution in [0.4, 0.5) is 24.5 Å². The molecule has 140 valence electrons. The Hall–Kier alpha value is -2.06. The average molecular weight is 383 g/mol. The van der Waals surface area contributed by atoms with Gasteiger partial charge in [-0.05, 0) is 49.2 Å². The van der Waals surface area contributed by atoms with Crippen molar-refractivity contribution in [1.29, 1.82) is 0 Å². The first-order valence-electron chi connectivity index (χ1n) is 8.26. The lowest BCUT2D eigenvalue weighted by molar-refractivity contribution is -0.136. The van der Waals surface area contributed by atoms with Crippen LogP contribution in [0.15, 0.2) is 29.6 Å². The lowest BCUT2D eigenvalue weighted by Gasteiger charge is -2.34. The maximum absolute atomic E-state index is 13.6. The number of amides is 1. The van der Waals surface area contributed by atoms with E-state index in [9.17, 15) is 18.0 Å². The molecule has 1 saturated heterocycles. The van der Waals surface area contributed by atoms with Crippen LogP contribution in [0.25, 0.3) is 0 Å². The van der Waals surface area contributed by atoms with Crippen molar-refractivity contribution in [1.82, 2.24) is 4.90 Å². The molecule has 2 heterocycles. The summed E-state index contributed by atoms with van der Waals surface area (Å²) in [4.78, 5) is 16.8. The minimum Gasteiger partial charge on any atom is -0.369 e. The minimum absolute atomic E-state index is 0.215. The lowest BCUT2D eigenvalue weighted by Crippen LogP contribution is -2.44. The zero-order valence-corrected chi connectivity index (χ0v) is 15.4. The number of piperazine rings is 1. The summed E-state index contributed by atoms with van der Waals surface area (Å²) in [5.41, 5.74) is 0.232. The second-order valence-electron chi connectivity index (χ2n) is 6.40. The van der Waals surface area contributed by atoms with Gasteiger partial charge in [0.2, 0.25) is 0 Å². The predicted octanol–water partition coefficient (Wildman–Crippen LogP) is 4.08. The van der Waals surface area contributed by atoms with Crippen LogP contribution in [0.5, 0.6) is 0 Å². The van der Waals surface area contributed by atoms with Crippen molar-refractivity contribution in [2.45, 2.75) is 13.1 Å². The largest absolute Gasteiger partial charge is 0.418 e. The molecule has 0 atom stereocenters. The van der Waals surface area contributed by atoms with E-state index in [2.05, 4.69) is 10.2 Å². The van der Waals surface area contributed by atoms with Crippen molar-refractivity contribution in [3.05, 3.63) is 45.6 Å². The number of carbonyl (C=O) groups excluding carboxylic acids is 1. The first-order chi connectivity index (χ1) is 12.3. The van der Waals surface area contributed by atoms with Crippen molar-refractivity contribution >= 4 is 28.6 Å². The Morgan fingerprint density at radius 3 is 2.42 bits per heavy atom. The molecule has 1 aliphatic rings. The van der Waals surface area contributed by atoms with E-state index in [-0.39, 0.29) is 5.69 Å². The fourth-order valence-corrected chi connectivity index (χ4v) is 3.74. The molecule has 4 nitrogen and oxygen atoms in total. The molecule has 0 unspecified atom stereocenters. The third-order valence-electron chi connectivity index (χ3n) is 4.49. The highest BCUT2D eigenvalue weighted by Gasteiger charge is 2.35. The van der Waals surface area contributed by atoms with Crippen molar-refractivity contribution in [3.8, 4) is 0 Å². The first kappa shape index (κ1) is 18.7. The van der Waals surface area contributed by atoms with Crippen molar-refractivity contribution < 1.29 is 18.0 Å². The van der Waals surface area contributed by atoms with E-state index in [0.29, 0.717) is 23.7 Å². The van der Waals surface area contributed by atoms with E-state index >= 15 is 0 Å². The fourth-order valence-electron chi connectivity index (χ4n) is 2.92. The number of rotatable bonds is 3. The molecule has 26 heavy (non-hydrogen) atoms. The number of halogens is 3. The van der Waals surface area contributed by atoms with Crippen molar-refractivity contribution in [3.63, 3.8) is 0 Å². The highest BCUT2D eigenvalue weighted by molar-refractivity contribution is 7.12. The Kier molecular flexibility index (Phi) is 5.24. The van der Waals surface area contributed by atoms with Gasteiger partial charge in [0.1, 0.15) is 0 Å². The molecular formula is C18H20F3N3OS. The maximum atomic E-state index is 13.6. The normalized spacial score (nSPS) is 16.0. The van der Waals surface area contributed by atoms with Crippen LogP contribution in [0, 0.1) is 6.92 Å². The number of anilines is 2. The van der Waals surface area contributed by atoms with Crippen LogP contribution in [0.1, 0.15) is 20.8 Å². The topological polar surface area (TPSA) is 35.6 Å². The van der Waals surface area contributed by atoms with Gasteiger partial charge in [0.05, 0.1) is 16.1 Å². The number of alkyl halides is 3. The second kappa shape index (κ2) is 7.28. The number of thiophene rings is 1. The standard InChI is InChI=1S/C18H20F3N3OS/c1-12-5-10-26-16(12)17(25)22-15-4-3-13(11-14(15)18(19,20)21)24-8-6-23(2)7-9-24/h3-5,10-11H,6-9H2,1-2H3,(H,22,25). The monoisotopic (exact) mass is 383 g/mol. The summed E-state index contributed by atoms with van der Waals surface area (Å²) < 4.78 is 40.7. The van der Waals surface area contributed by atoms with Crippen molar-refractivity contribution in [2.75, 3.05) is 43.4 Å². The smallest absolute Gasteiger partial charge is 0.369 e. The zero-order chi connectivity index (χ0) is 18.9. The number of carbonyl (C=O) groups is 1. The predicted molar refractivity (Wildman–Crippen MR) is 98.2 cm³/mol. The highest BCUT2D eigenvalue weighted by Crippen LogP contribution is 2.38. The molecule has 1 aromatic heterocycles. The third kappa shape index (κ3) is 4.02. The molecule has 8 heteroatoms. The molecule has 1 fully saturated rings. The zero-order valence-electron chi connectivity index (χ0n) is 14.6. The summed E-state index contributed by atoms with van der Waals surface area (Å²) in [5, 5.41) is 4.16. The van der Waals surface area contributed by atoms with E-state index < -0.39 is 17.6 Å². The van der Waals surface area contributed by atoms with Gasteiger partial charge in [0.25, 0.3) is 5.91 Å². The number of aryl methyl sites for hydroxylation is 1. The second-order valence-corrected chi connectivity index (χ2v) is 7.32. The number of benzene rings is 1. The van der Waals surface area contributed by atoms with Gasteiger partial charge in [-0.1, -0.05) is 0 Å². The molecule has 0 radical (unpaired) electrons. The Labute approximate surface area is 154 Å². The van der Waals surface area contributed by atoms with E-state index in [0.717, 1.165) is 24.7 Å². The summed E-state index contributed by atoms with van der Waals surface area (Å²) >= 11 is 1.21. The molecule has 0 saturated carbocycles. The molecule has 0 aliphatic carbocycles. The minimum atomic E-state index is -4.55. The molecule has 1 aromatic carbocycles. The SMILES string of the molecule is Cc1ccsc1C(=O)Nc1ccc(N2CCN(C)CC2)cc1C(F)(F)F. The van der Waals surface area contributed by atoms with Gasteiger partial charge in [-0.25, -0.2) is 0 Å². The van der Waals surface area contributed by atoms with Crippen LogP contribution in [-0.2, 0) is 6.18 Å². The van der Waals surface area contributed by atoms with Gasteiger partial charge in [-0.15, -0.1) is 11.3 Å². The quantitative estimate of drug-likeness (QED) is 0.868. The summed E-state index contributed by atoms with van der Waals surface area (Å²) in [6, 6.07) is 5.87. The maximum Gasteiger partial charge on any atom is 0.418 e. The van der Waals surface area contributed by atoms with Crippen LogP contribution < -0.4 is 10.2 Å². The first-order valence-corrected chi connectivity index (χ1v) is 9.14. The molecule has 1 aliphatic heterocycles. The number of hydrogen-bond donors (Lipinski definition) is 1. The summed E-state index contributed by atoms with van der Waals surface area (Å²) in [6.45, 7) is 4.71. The Balaban J connectivity index is 1.88. The van der Waals surface area contributed by atoms with Gasteiger partial charge in [0.15, 0.2) is 0 Å². The molecule has 1 N–H and O–H groups in total. The third-order valence-corrected chi connectivity index (χ3v) is 5.51. The average Bonchev–Trinajstić information content (AvgIpc) is 3.01. The summed E-state index contributed by atoms with van der Waals surface area (Å²) in [5.74, 6) is -0.518. The lowest BCUT2D eigenvalue weighted by atomic mass is 10.1. The Morgan fingerprint density at radius 1 is 1.15 bits per heavy atom. The highest BCUT2D eigenvalue weighted by atomic mass is 32.1. The van der Waals surface area contributed by atoms with Crippen LogP contribution in [-0.4, -0.2) is 44.0 Å². The van der Waals surface area contributed by atoms with Gasteiger partial charge >= 0.3 is 6.18 Å². The van der Waals surface area contributed by atoms with Gasteiger partial charge in [-0.3, -0.25) is 4.79 Å². The Morgan fingerprint density at radius 2 is 1.85 bits per heavy atom. The molecule has 0 bridgehead atoms. The van der Waals surface area contributed by atoms with Crippen LogP contribution in [0.2, 0.25) is 0 Å². The van der Waals surface area contributed by atoms with Crippen LogP contribution >= 0.6 is 11.3 Å². The molecular weight excluding hydrogens is 363 g/mol. The summed E-state index contributed by atoms with van der Waals surface area (Å²) in [6.07, 6.45) is -4.55. The van der Waals surface area contributed by atoms with E-state index in [1.54, 1.807) is 24.4 Å². The van der Waals surface area contributed by atoms with Gasteiger partial charge < -0.3 is 15.1 Å². The van der Waals surface area contributed by atoms with E-state index in [1.165, 1.54) is 17.4 Å².